The predicted octanol–water partition coefficient (Wildman–Crippen LogP) is 4.54. The van der Waals surface area contributed by atoms with Gasteiger partial charge in [0.2, 0.25) is 5.95 Å². The summed E-state index contributed by atoms with van der Waals surface area (Å²) in [6, 6.07) is 7.95. The van der Waals surface area contributed by atoms with E-state index in [1.54, 1.807) is 6.07 Å². The van der Waals surface area contributed by atoms with Crippen molar-refractivity contribution in [3.8, 4) is 0 Å². The number of ether oxygens (including phenoxy) is 2. The van der Waals surface area contributed by atoms with Crippen molar-refractivity contribution in [3.63, 3.8) is 0 Å². The smallest absolute Gasteiger partial charge is 0.419 e. The van der Waals surface area contributed by atoms with Crippen molar-refractivity contribution in [2.45, 2.75) is 25.7 Å². The normalized spacial score (nSPS) is 18.4. The molecule has 9 heteroatoms. The standard InChI is InChI=1S/C22H24F2N2O5/c23-17-2-1-3-18(10-17)26(19-8-9-20(24)25-11-19)22(29)31-13-16-6-4-15(5-7-16)12-30-14-21(27)28/h1-3,8-11,15-16H,4-7,12-14H2,(H,27,28)/t15-,16-. The number of hydrogen-bond acceptors (Lipinski definition) is 5. The van der Waals surface area contributed by atoms with Gasteiger partial charge in [-0.15, -0.1) is 0 Å². The van der Waals surface area contributed by atoms with E-state index >= 15 is 0 Å². The fourth-order valence-electron chi connectivity index (χ4n) is 3.61. The fourth-order valence-corrected chi connectivity index (χ4v) is 3.61. The molecule has 0 atom stereocenters. The second-order valence-electron chi connectivity index (χ2n) is 7.53. The Kier molecular flexibility index (Phi) is 7.88. The Morgan fingerprint density at radius 2 is 1.74 bits per heavy atom. The van der Waals surface area contributed by atoms with E-state index in [-0.39, 0.29) is 30.5 Å². The summed E-state index contributed by atoms with van der Waals surface area (Å²) in [6.07, 6.45) is 3.85. The van der Waals surface area contributed by atoms with Crippen molar-refractivity contribution < 1.29 is 33.0 Å². The Balaban J connectivity index is 1.57. The Bertz CT molecular complexity index is 886. The Labute approximate surface area is 178 Å². The average molecular weight is 434 g/mol. The van der Waals surface area contributed by atoms with Crippen LogP contribution in [0.15, 0.2) is 42.6 Å². The topological polar surface area (TPSA) is 89.0 Å². The molecule has 1 aliphatic rings. The molecule has 0 radical (unpaired) electrons. The third kappa shape index (κ3) is 6.71. The molecule has 0 spiro atoms. The van der Waals surface area contributed by atoms with E-state index in [2.05, 4.69) is 4.98 Å². The highest BCUT2D eigenvalue weighted by molar-refractivity contribution is 5.95. The lowest BCUT2D eigenvalue weighted by molar-refractivity contribution is -0.142. The van der Waals surface area contributed by atoms with Gasteiger partial charge in [-0.1, -0.05) is 6.07 Å². The van der Waals surface area contributed by atoms with Crippen LogP contribution in [-0.4, -0.2) is 42.0 Å². The number of hydrogen-bond donors (Lipinski definition) is 1. The van der Waals surface area contributed by atoms with Crippen molar-refractivity contribution in [2.24, 2.45) is 11.8 Å². The molecular weight excluding hydrogens is 410 g/mol. The van der Waals surface area contributed by atoms with E-state index < -0.39 is 23.8 Å². The van der Waals surface area contributed by atoms with Crippen molar-refractivity contribution in [2.75, 3.05) is 24.7 Å². The molecule has 3 rings (SSSR count). The molecule has 2 aromatic rings. The average Bonchev–Trinajstić information content (AvgIpc) is 2.74. The summed E-state index contributed by atoms with van der Waals surface area (Å²) < 4.78 is 37.6. The minimum atomic E-state index is -0.986. The third-order valence-corrected chi connectivity index (χ3v) is 5.21. The molecule has 1 fully saturated rings. The minimum absolute atomic E-state index is 0.167. The Hall–Kier alpha value is -3.07. The van der Waals surface area contributed by atoms with Gasteiger partial charge in [0, 0.05) is 0 Å². The zero-order valence-electron chi connectivity index (χ0n) is 16.9. The van der Waals surface area contributed by atoms with Crippen LogP contribution >= 0.6 is 0 Å². The molecule has 1 saturated carbocycles. The lowest BCUT2D eigenvalue weighted by Crippen LogP contribution is -2.30. The number of nitrogens with zero attached hydrogens (tertiary/aromatic N) is 2. The van der Waals surface area contributed by atoms with Crippen LogP contribution in [0.1, 0.15) is 25.7 Å². The molecule has 1 heterocycles. The lowest BCUT2D eigenvalue weighted by atomic mass is 9.83. The highest BCUT2D eigenvalue weighted by Gasteiger charge is 2.25. The molecule has 1 aliphatic carbocycles. The largest absolute Gasteiger partial charge is 0.480 e. The minimum Gasteiger partial charge on any atom is -0.480 e. The first-order valence-electron chi connectivity index (χ1n) is 10.1. The summed E-state index contributed by atoms with van der Waals surface area (Å²) in [5.41, 5.74) is 0.508. The van der Waals surface area contributed by atoms with Gasteiger partial charge in [-0.25, -0.2) is 23.9 Å². The number of pyridine rings is 1. The van der Waals surface area contributed by atoms with Crippen LogP contribution in [0, 0.1) is 23.6 Å². The molecule has 1 aromatic heterocycles. The first-order chi connectivity index (χ1) is 14.9. The number of anilines is 2. The Morgan fingerprint density at radius 1 is 1.03 bits per heavy atom. The molecule has 7 nitrogen and oxygen atoms in total. The molecule has 0 saturated heterocycles. The molecule has 1 aromatic carbocycles. The number of carbonyl (C=O) groups excluding carboxylic acids is 1. The van der Waals surface area contributed by atoms with Crippen molar-refractivity contribution in [1.29, 1.82) is 0 Å². The number of amides is 1. The molecule has 0 aliphatic heterocycles. The van der Waals surface area contributed by atoms with E-state index in [4.69, 9.17) is 14.6 Å². The van der Waals surface area contributed by atoms with Crippen molar-refractivity contribution in [1.82, 2.24) is 4.98 Å². The quantitative estimate of drug-likeness (QED) is 0.614. The summed E-state index contributed by atoms with van der Waals surface area (Å²) in [5, 5.41) is 8.62. The number of carboxylic acid groups (broad SMARTS) is 1. The van der Waals surface area contributed by atoms with E-state index in [0.717, 1.165) is 36.6 Å². The summed E-state index contributed by atoms with van der Waals surface area (Å²) in [6.45, 7) is 0.303. The number of carbonyl (C=O) groups is 2. The van der Waals surface area contributed by atoms with Crippen LogP contribution in [0.4, 0.5) is 25.0 Å². The second-order valence-corrected chi connectivity index (χ2v) is 7.53. The maximum Gasteiger partial charge on any atom is 0.419 e. The van der Waals surface area contributed by atoms with Gasteiger partial charge in [-0.05, 0) is 67.9 Å². The first kappa shape index (κ1) is 22.6. The van der Waals surface area contributed by atoms with Gasteiger partial charge >= 0.3 is 12.1 Å². The number of aromatic nitrogens is 1. The highest BCUT2D eigenvalue weighted by atomic mass is 19.1. The maximum atomic E-state index is 13.7. The van der Waals surface area contributed by atoms with Gasteiger partial charge in [0.1, 0.15) is 12.4 Å². The summed E-state index contributed by atoms with van der Waals surface area (Å²) >= 11 is 0. The lowest BCUT2D eigenvalue weighted by Gasteiger charge is -2.29. The van der Waals surface area contributed by atoms with Crippen LogP contribution in [0.3, 0.4) is 0 Å². The van der Waals surface area contributed by atoms with Crippen LogP contribution in [0.25, 0.3) is 0 Å². The molecule has 1 amide bonds. The third-order valence-electron chi connectivity index (χ3n) is 5.21. The summed E-state index contributed by atoms with van der Waals surface area (Å²) in [5.74, 6) is -1.74. The van der Waals surface area contributed by atoms with E-state index in [1.165, 1.54) is 30.5 Å². The fraction of sp³-hybridized carbons (Fsp3) is 0.409. The van der Waals surface area contributed by atoms with Crippen molar-refractivity contribution in [3.05, 3.63) is 54.4 Å². The molecule has 31 heavy (non-hydrogen) atoms. The van der Waals surface area contributed by atoms with Crippen LogP contribution in [0.5, 0.6) is 0 Å². The molecule has 0 unspecified atom stereocenters. The number of aliphatic carboxylic acids is 1. The van der Waals surface area contributed by atoms with Crippen LogP contribution in [-0.2, 0) is 14.3 Å². The van der Waals surface area contributed by atoms with E-state index in [0.29, 0.717) is 12.5 Å². The summed E-state index contributed by atoms with van der Waals surface area (Å²) in [4.78, 5) is 28.1. The molecule has 1 N–H and O–H groups in total. The number of halogens is 2. The van der Waals surface area contributed by atoms with Gasteiger partial charge in [-0.2, -0.15) is 4.39 Å². The zero-order chi connectivity index (χ0) is 22.2. The Morgan fingerprint density at radius 3 is 2.35 bits per heavy atom. The molecular formula is C22H24F2N2O5. The van der Waals surface area contributed by atoms with Gasteiger partial charge < -0.3 is 14.6 Å². The summed E-state index contributed by atoms with van der Waals surface area (Å²) in [7, 11) is 0. The first-order valence-corrected chi connectivity index (χ1v) is 10.1. The monoisotopic (exact) mass is 434 g/mol. The zero-order valence-corrected chi connectivity index (χ0v) is 16.9. The molecule has 166 valence electrons. The van der Waals surface area contributed by atoms with Crippen LogP contribution < -0.4 is 4.90 Å². The van der Waals surface area contributed by atoms with Crippen LogP contribution in [0.2, 0.25) is 0 Å². The van der Waals surface area contributed by atoms with Gasteiger partial charge in [0.25, 0.3) is 0 Å². The predicted molar refractivity (Wildman–Crippen MR) is 108 cm³/mol. The van der Waals surface area contributed by atoms with Gasteiger partial charge in [-0.3, -0.25) is 0 Å². The maximum absolute atomic E-state index is 13.7. The number of carboxylic acids is 1. The van der Waals surface area contributed by atoms with Crippen molar-refractivity contribution >= 4 is 23.4 Å². The SMILES string of the molecule is O=C(O)COC[C@H]1CC[C@H](COC(=O)N(c2ccc(F)nc2)c2cccc(F)c2)CC1. The molecule has 0 bridgehead atoms. The van der Waals surface area contributed by atoms with Gasteiger partial charge in [0.15, 0.2) is 0 Å². The number of rotatable bonds is 8. The van der Waals surface area contributed by atoms with Gasteiger partial charge in [0.05, 0.1) is 30.8 Å². The second kappa shape index (κ2) is 10.8. The van der Waals surface area contributed by atoms with E-state index in [1.807, 2.05) is 0 Å². The highest BCUT2D eigenvalue weighted by Crippen LogP contribution is 2.31. The number of benzene rings is 1. The van der Waals surface area contributed by atoms with E-state index in [9.17, 15) is 18.4 Å².